The van der Waals surface area contributed by atoms with Gasteiger partial charge in [-0.2, -0.15) is 0 Å². The molecule has 0 radical (unpaired) electrons. The van der Waals surface area contributed by atoms with Gasteiger partial charge in [-0.05, 0) is 168 Å². The van der Waals surface area contributed by atoms with E-state index in [1.807, 2.05) is 48.5 Å². The topological polar surface area (TPSA) is 52.1 Å². The maximum Gasteiger partial charge on any atom is 0.227 e. The Labute approximate surface area is 387 Å². The molecule has 2 aliphatic carbocycles. The minimum Gasteiger partial charge on any atom is -0.436 e. The Hall–Kier alpha value is -8.86. The van der Waals surface area contributed by atoms with E-state index in [-0.39, 0.29) is 5.41 Å². The third-order valence-electron chi connectivity index (χ3n) is 14.0. The summed E-state index contributed by atoms with van der Waals surface area (Å²) in [6, 6.07) is 82.8. The average molecular weight is 855 g/mol. The lowest BCUT2D eigenvalue weighted by atomic mass is 9.70. The van der Waals surface area contributed by atoms with E-state index in [4.69, 9.17) is 18.8 Å². The van der Waals surface area contributed by atoms with Crippen molar-refractivity contribution in [3.8, 4) is 89.7 Å². The summed E-state index contributed by atoms with van der Waals surface area (Å²) in [6.45, 7) is 0. The van der Waals surface area contributed by atoms with Gasteiger partial charge in [0.15, 0.2) is 11.2 Å². The molecule has 0 fully saturated rings. The van der Waals surface area contributed by atoms with Crippen LogP contribution >= 0.6 is 0 Å². The fourth-order valence-corrected chi connectivity index (χ4v) is 10.9. The second-order valence-electron chi connectivity index (χ2n) is 17.7. The number of hydrogen-bond acceptors (Lipinski definition) is 4. The van der Waals surface area contributed by atoms with Crippen LogP contribution in [0.2, 0.25) is 0 Å². The Morgan fingerprint density at radius 3 is 1.12 bits per heavy atom. The molecule has 0 aliphatic heterocycles. The average Bonchev–Trinajstić information content (AvgIpc) is 4.18. The Kier molecular flexibility index (Phi) is 8.16. The molecule has 0 amide bonds. The zero-order chi connectivity index (χ0) is 44.1. The van der Waals surface area contributed by atoms with E-state index < -0.39 is 0 Å². The first-order valence-corrected chi connectivity index (χ1v) is 22.8. The number of nitrogens with zero attached hydrogens (tertiary/aromatic N) is 2. The molecule has 10 aromatic carbocycles. The van der Waals surface area contributed by atoms with Gasteiger partial charge in [0.2, 0.25) is 11.8 Å². The van der Waals surface area contributed by atoms with Crippen molar-refractivity contribution in [3.05, 3.63) is 253 Å². The second kappa shape index (κ2) is 14.6. The minimum atomic E-state index is -0.363. The minimum absolute atomic E-state index is 0.363. The van der Waals surface area contributed by atoms with Crippen molar-refractivity contribution in [2.24, 2.45) is 0 Å². The predicted octanol–water partition coefficient (Wildman–Crippen LogP) is 16.3. The molecule has 12 aromatic rings. The first-order chi connectivity index (χ1) is 33.2. The monoisotopic (exact) mass is 854 g/mol. The summed E-state index contributed by atoms with van der Waals surface area (Å²) in [6.07, 6.45) is 0. The van der Waals surface area contributed by atoms with Crippen LogP contribution in [-0.2, 0) is 5.41 Å². The maximum atomic E-state index is 6.13. The van der Waals surface area contributed by atoms with Crippen LogP contribution in [0.4, 0.5) is 0 Å². The van der Waals surface area contributed by atoms with E-state index in [1.165, 1.54) is 55.6 Å². The molecule has 0 atom stereocenters. The lowest BCUT2D eigenvalue weighted by Crippen LogP contribution is -2.25. The van der Waals surface area contributed by atoms with Crippen LogP contribution in [0.5, 0.6) is 0 Å². The summed E-state index contributed by atoms with van der Waals surface area (Å²) >= 11 is 0. The molecule has 312 valence electrons. The first-order valence-electron chi connectivity index (χ1n) is 22.8. The van der Waals surface area contributed by atoms with Crippen molar-refractivity contribution < 1.29 is 8.83 Å². The van der Waals surface area contributed by atoms with E-state index in [0.717, 1.165) is 66.7 Å². The molecular weight excluding hydrogens is 817 g/mol. The van der Waals surface area contributed by atoms with Gasteiger partial charge in [0.05, 0.1) is 5.41 Å². The van der Waals surface area contributed by atoms with E-state index in [0.29, 0.717) is 11.8 Å². The normalized spacial score (nSPS) is 12.9. The predicted molar refractivity (Wildman–Crippen MR) is 270 cm³/mol. The van der Waals surface area contributed by atoms with Gasteiger partial charge in [-0.1, -0.05) is 152 Å². The molecule has 2 heterocycles. The second-order valence-corrected chi connectivity index (χ2v) is 17.7. The number of benzene rings is 10. The molecule has 4 heteroatoms. The Morgan fingerprint density at radius 2 is 0.612 bits per heavy atom. The zero-order valence-corrected chi connectivity index (χ0v) is 36.2. The van der Waals surface area contributed by atoms with Crippen molar-refractivity contribution in [1.82, 2.24) is 9.97 Å². The van der Waals surface area contributed by atoms with Crippen LogP contribution < -0.4 is 0 Å². The highest BCUT2D eigenvalue weighted by molar-refractivity contribution is 5.96. The summed E-state index contributed by atoms with van der Waals surface area (Å²) < 4.78 is 12.3. The van der Waals surface area contributed by atoms with Crippen molar-refractivity contribution in [3.63, 3.8) is 0 Å². The third kappa shape index (κ3) is 5.80. The summed E-state index contributed by atoms with van der Waals surface area (Å²) in [7, 11) is 0. The van der Waals surface area contributed by atoms with Crippen molar-refractivity contribution in [1.29, 1.82) is 0 Å². The molecule has 67 heavy (non-hydrogen) atoms. The van der Waals surface area contributed by atoms with Crippen LogP contribution in [0, 0.1) is 0 Å². The molecule has 0 bridgehead atoms. The number of oxazole rings is 2. The van der Waals surface area contributed by atoms with E-state index in [2.05, 4.69) is 182 Å². The van der Waals surface area contributed by atoms with Crippen LogP contribution in [-0.4, -0.2) is 9.97 Å². The Morgan fingerprint density at radius 1 is 0.254 bits per heavy atom. The van der Waals surface area contributed by atoms with Gasteiger partial charge >= 0.3 is 0 Å². The largest absolute Gasteiger partial charge is 0.436 e. The summed E-state index contributed by atoms with van der Waals surface area (Å²) in [5, 5.41) is 0. The van der Waals surface area contributed by atoms with Crippen LogP contribution in [0.3, 0.4) is 0 Å². The van der Waals surface area contributed by atoms with Gasteiger partial charge in [0.1, 0.15) is 11.0 Å². The Balaban J connectivity index is 0.872. The summed E-state index contributed by atoms with van der Waals surface area (Å²) in [5.41, 5.74) is 24.4. The third-order valence-corrected chi connectivity index (χ3v) is 14.0. The molecule has 1 spiro atoms. The number of fused-ring (bicyclic) bond motifs is 12. The molecule has 0 unspecified atom stereocenters. The lowest BCUT2D eigenvalue weighted by molar-refractivity contribution is 0.619. The van der Waals surface area contributed by atoms with Gasteiger partial charge < -0.3 is 8.83 Å². The Bertz CT molecular complexity index is 3680. The van der Waals surface area contributed by atoms with Gasteiger partial charge in [-0.25, -0.2) is 9.97 Å². The van der Waals surface area contributed by atoms with Gasteiger partial charge in [-0.15, -0.1) is 0 Å². The van der Waals surface area contributed by atoms with Crippen LogP contribution in [0.15, 0.2) is 239 Å². The smallest absolute Gasteiger partial charge is 0.227 e. The highest BCUT2D eigenvalue weighted by Crippen LogP contribution is 2.63. The molecule has 4 nitrogen and oxygen atoms in total. The highest BCUT2D eigenvalue weighted by Gasteiger charge is 2.51. The summed E-state index contributed by atoms with van der Waals surface area (Å²) in [5.74, 6) is 1.22. The molecule has 14 rings (SSSR count). The van der Waals surface area contributed by atoms with Crippen LogP contribution in [0.25, 0.3) is 112 Å². The number of aromatic nitrogens is 2. The van der Waals surface area contributed by atoms with E-state index in [9.17, 15) is 0 Å². The summed E-state index contributed by atoms with van der Waals surface area (Å²) in [4.78, 5) is 9.51. The van der Waals surface area contributed by atoms with Crippen molar-refractivity contribution >= 4 is 22.2 Å². The first kappa shape index (κ1) is 37.5. The molecule has 0 saturated heterocycles. The van der Waals surface area contributed by atoms with E-state index in [1.54, 1.807) is 0 Å². The number of rotatable bonds is 6. The zero-order valence-electron chi connectivity index (χ0n) is 36.2. The van der Waals surface area contributed by atoms with Crippen LogP contribution in [0.1, 0.15) is 22.3 Å². The standard InChI is InChI=1S/C63H38N2O2/c1-4-17-53-49(14-1)50-15-2-5-18-54(50)63(53)55-19-6-3-16-51(55)52-38-45(32-33-56(52)63)43-12-11-13-44(34-43)48-36-46(39-24-28-41(29-25-39)61-64-57-20-7-9-22-59(57)66-61)35-47(37-48)40-26-30-42(31-27-40)62-65-58-21-8-10-23-60(58)67-62/h1-38H. The number of para-hydroxylation sites is 4. The fraction of sp³-hybridized carbons (Fsp3) is 0.0159. The van der Waals surface area contributed by atoms with E-state index >= 15 is 0 Å². The molecule has 2 aliphatic rings. The lowest BCUT2D eigenvalue weighted by Gasteiger charge is -2.30. The SMILES string of the molecule is c1cc(-c2cc(-c3ccc(-c4nc5ccccc5o4)cc3)cc(-c3ccc(-c4nc5ccccc5o4)cc3)c2)cc(-c2ccc3c(c2)-c2ccccc2C32c3ccccc3-c3ccccc32)c1. The maximum absolute atomic E-state index is 6.13. The quantitative estimate of drug-likeness (QED) is 0.167. The molecule has 0 N–H and O–H groups in total. The molecule has 0 saturated carbocycles. The number of hydrogen-bond donors (Lipinski definition) is 0. The van der Waals surface area contributed by atoms with Gasteiger partial charge in [0.25, 0.3) is 0 Å². The molecular formula is C63H38N2O2. The van der Waals surface area contributed by atoms with Gasteiger partial charge in [-0.3, -0.25) is 0 Å². The molecule has 2 aromatic heterocycles. The van der Waals surface area contributed by atoms with Gasteiger partial charge in [0, 0.05) is 11.1 Å². The van der Waals surface area contributed by atoms with Crippen molar-refractivity contribution in [2.75, 3.05) is 0 Å². The fourth-order valence-electron chi connectivity index (χ4n) is 10.9. The highest BCUT2D eigenvalue weighted by atomic mass is 16.4. The van der Waals surface area contributed by atoms with Crippen molar-refractivity contribution in [2.45, 2.75) is 5.41 Å².